The molecule has 1 fully saturated rings. The molecule has 3 heteroatoms. The normalized spacial score (nSPS) is 14.8. The molecule has 2 amide bonds. The molecule has 0 atom stereocenters. The summed E-state index contributed by atoms with van der Waals surface area (Å²) in [5.74, 6) is 0. The number of hydrogen-bond acceptors (Lipinski definition) is 1. The van der Waals surface area contributed by atoms with E-state index >= 15 is 0 Å². The van der Waals surface area contributed by atoms with Crippen molar-refractivity contribution in [2.45, 2.75) is 84.0 Å². The lowest BCUT2D eigenvalue weighted by atomic mass is 10.1. The molecule has 0 unspecified atom stereocenters. The molecule has 1 rings (SSSR count). The van der Waals surface area contributed by atoms with Gasteiger partial charge in [-0.15, -0.1) is 0 Å². The zero-order valence-corrected chi connectivity index (χ0v) is 13.5. The Hall–Kier alpha value is -0.730. The summed E-state index contributed by atoms with van der Waals surface area (Å²) in [6.45, 7) is 4.95. The third kappa shape index (κ3) is 8.44. The Morgan fingerprint density at radius 1 is 0.850 bits per heavy atom. The lowest BCUT2D eigenvalue weighted by Crippen LogP contribution is -2.28. The van der Waals surface area contributed by atoms with Crippen LogP contribution in [0.4, 0.5) is 4.79 Å². The van der Waals surface area contributed by atoms with Gasteiger partial charge in [0.1, 0.15) is 0 Å². The summed E-state index contributed by atoms with van der Waals surface area (Å²) in [4.78, 5) is 13.3. The summed E-state index contributed by atoms with van der Waals surface area (Å²) in [5.41, 5.74) is 0. The van der Waals surface area contributed by atoms with Crippen LogP contribution in [0.25, 0.3) is 0 Å². The SMILES string of the molecule is CCCCCCCCCCCCCCN1CCNC1=O. The van der Waals surface area contributed by atoms with Gasteiger partial charge in [-0.2, -0.15) is 0 Å². The van der Waals surface area contributed by atoms with Crippen LogP contribution < -0.4 is 5.32 Å². The van der Waals surface area contributed by atoms with Crippen LogP contribution in [-0.4, -0.2) is 30.6 Å². The van der Waals surface area contributed by atoms with Gasteiger partial charge in [0.15, 0.2) is 0 Å². The van der Waals surface area contributed by atoms with Gasteiger partial charge in [-0.05, 0) is 6.42 Å². The van der Waals surface area contributed by atoms with E-state index in [-0.39, 0.29) is 6.03 Å². The molecule has 0 aromatic heterocycles. The Kier molecular flexibility index (Phi) is 10.4. The smallest absolute Gasteiger partial charge is 0.317 e. The maximum absolute atomic E-state index is 11.3. The molecule has 1 saturated heterocycles. The fourth-order valence-electron chi connectivity index (χ4n) is 2.87. The highest BCUT2D eigenvalue weighted by molar-refractivity contribution is 5.76. The lowest BCUT2D eigenvalue weighted by molar-refractivity contribution is 0.216. The topological polar surface area (TPSA) is 32.3 Å². The second-order valence-corrected chi connectivity index (χ2v) is 6.11. The molecular weight excluding hydrogens is 248 g/mol. The predicted octanol–water partition coefficient (Wildman–Crippen LogP) is 4.71. The van der Waals surface area contributed by atoms with Crippen molar-refractivity contribution in [3.05, 3.63) is 0 Å². The predicted molar refractivity (Wildman–Crippen MR) is 86.0 cm³/mol. The largest absolute Gasteiger partial charge is 0.336 e. The quantitative estimate of drug-likeness (QED) is 0.487. The van der Waals surface area contributed by atoms with Crippen molar-refractivity contribution in [3.63, 3.8) is 0 Å². The molecule has 118 valence electrons. The number of nitrogens with one attached hydrogen (secondary N) is 1. The third-order valence-electron chi connectivity index (χ3n) is 4.23. The first kappa shape index (κ1) is 17.3. The first-order valence-electron chi connectivity index (χ1n) is 8.87. The van der Waals surface area contributed by atoms with Gasteiger partial charge >= 0.3 is 6.03 Å². The van der Waals surface area contributed by atoms with E-state index in [1.54, 1.807) is 0 Å². The lowest BCUT2D eigenvalue weighted by Gasteiger charge is -2.13. The number of carbonyl (C=O) groups excluding carboxylic acids is 1. The molecular formula is C17H34N2O. The summed E-state index contributed by atoms with van der Waals surface area (Å²) in [7, 11) is 0. The molecule has 0 aromatic rings. The van der Waals surface area contributed by atoms with E-state index in [9.17, 15) is 4.79 Å². The van der Waals surface area contributed by atoms with Gasteiger partial charge in [0.05, 0.1) is 0 Å². The Morgan fingerprint density at radius 3 is 1.80 bits per heavy atom. The summed E-state index contributed by atoms with van der Waals surface area (Å²) in [6, 6.07) is 0.132. The minimum absolute atomic E-state index is 0.132. The van der Waals surface area contributed by atoms with E-state index < -0.39 is 0 Å². The highest BCUT2D eigenvalue weighted by atomic mass is 16.2. The number of rotatable bonds is 13. The number of carbonyl (C=O) groups is 1. The number of nitrogens with zero attached hydrogens (tertiary/aromatic N) is 1. The number of hydrogen-bond donors (Lipinski definition) is 1. The molecule has 1 aliphatic heterocycles. The number of unbranched alkanes of at least 4 members (excludes halogenated alkanes) is 11. The molecule has 0 bridgehead atoms. The van der Waals surface area contributed by atoms with Gasteiger partial charge in [-0.3, -0.25) is 0 Å². The van der Waals surface area contributed by atoms with Crippen LogP contribution in [0.15, 0.2) is 0 Å². The first-order chi connectivity index (χ1) is 9.84. The van der Waals surface area contributed by atoms with Crippen LogP contribution in [0.2, 0.25) is 0 Å². The summed E-state index contributed by atoms with van der Waals surface area (Å²) in [6.07, 6.45) is 16.5. The minimum Gasteiger partial charge on any atom is -0.336 e. The van der Waals surface area contributed by atoms with Crippen molar-refractivity contribution < 1.29 is 4.79 Å². The highest BCUT2D eigenvalue weighted by Crippen LogP contribution is 2.12. The molecule has 0 saturated carbocycles. The average Bonchev–Trinajstić information content (AvgIpc) is 2.85. The maximum Gasteiger partial charge on any atom is 0.317 e. The Bertz CT molecular complexity index is 243. The minimum atomic E-state index is 0.132. The van der Waals surface area contributed by atoms with Crippen LogP contribution in [-0.2, 0) is 0 Å². The molecule has 20 heavy (non-hydrogen) atoms. The summed E-state index contributed by atoms with van der Waals surface area (Å²) in [5, 5.41) is 2.85. The van der Waals surface area contributed by atoms with Crippen molar-refractivity contribution in [3.8, 4) is 0 Å². The molecule has 1 N–H and O–H groups in total. The molecule has 0 spiro atoms. The first-order valence-corrected chi connectivity index (χ1v) is 8.87. The standard InChI is InChI=1S/C17H34N2O/c1-2-3-4-5-6-7-8-9-10-11-12-13-15-19-16-14-18-17(19)20/h2-16H2,1H3,(H,18,20). The van der Waals surface area contributed by atoms with Crippen molar-refractivity contribution in [1.82, 2.24) is 10.2 Å². The Morgan fingerprint density at radius 2 is 1.35 bits per heavy atom. The van der Waals surface area contributed by atoms with Gasteiger partial charge < -0.3 is 10.2 Å². The third-order valence-corrected chi connectivity index (χ3v) is 4.23. The van der Waals surface area contributed by atoms with Gasteiger partial charge in [0.25, 0.3) is 0 Å². The number of amides is 2. The van der Waals surface area contributed by atoms with Gasteiger partial charge in [0.2, 0.25) is 0 Å². The zero-order valence-electron chi connectivity index (χ0n) is 13.5. The van der Waals surface area contributed by atoms with E-state index in [1.807, 2.05) is 4.90 Å². The van der Waals surface area contributed by atoms with Gasteiger partial charge in [-0.25, -0.2) is 4.79 Å². The van der Waals surface area contributed by atoms with Gasteiger partial charge in [-0.1, -0.05) is 77.6 Å². The average molecular weight is 282 g/mol. The second-order valence-electron chi connectivity index (χ2n) is 6.11. The molecule has 0 aromatic carbocycles. The molecule has 0 aliphatic carbocycles. The van der Waals surface area contributed by atoms with E-state index in [4.69, 9.17) is 0 Å². The fraction of sp³-hybridized carbons (Fsp3) is 0.941. The Balaban J connectivity index is 1.73. The molecule has 3 nitrogen and oxygen atoms in total. The van der Waals surface area contributed by atoms with Crippen molar-refractivity contribution in [2.24, 2.45) is 0 Å². The van der Waals surface area contributed by atoms with E-state index in [1.165, 1.54) is 77.0 Å². The van der Waals surface area contributed by atoms with Crippen LogP contribution in [0.3, 0.4) is 0 Å². The van der Waals surface area contributed by atoms with Gasteiger partial charge in [0, 0.05) is 19.6 Å². The van der Waals surface area contributed by atoms with Crippen molar-refractivity contribution in [2.75, 3.05) is 19.6 Å². The highest BCUT2D eigenvalue weighted by Gasteiger charge is 2.17. The van der Waals surface area contributed by atoms with E-state index in [0.717, 1.165) is 19.6 Å². The monoisotopic (exact) mass is 282 g/mol. The zero-order chi connectivity index (χ0) is 14.5. The van der Waals surface area contributed by atoms with Crippen LogP contribution >= 0.6 is 0 Å². The maximum atomic E-state index is 11.3. The van der Waals surface area contributed by atoms with Crippen LogP contribution in [0, 0.1) is 0 Å². The van der Waals surface area contributed by atoms with E-state index in [0.29, 0.717) is 0 Å². The Labute approximate surface area is 125 Å². The summed E-state index contributed by atoms with van der Waals surface area (Å²) < 4.78 is 0. The van der Waals surface area contributed by atoms with Crippen LogP contribution in [0.1, 0.15) is 84.0 Å². The van der Waals surface area contributed by atoms with E-state index in [2.05, 4.69) is 12.2 Å². The fourth-order valence-corrected chi connectivity index (χ4v) is 2.87. The number of urea groups is 1. The summed E-state index contributed by atoms with van der Waals surface area (Å²) >= 11 is 0. The molecule has 1 heterocycles. The van der Waals surface area contributed by atoms with Crippen molar-refractivity contribution >= 4 is 6.03 Å². The molecule has 0 radical (unpaired) electrons. The van der Waals surface area contributed by atoms with Crippen LogP contribution in [0.5, 0.6) is 0 Å². The second kappa shape index (κ2) is 12.0. The van der Waals surface area contributed by atoms with Crippen molar-refractivity contribution in [1.29, 1.82) is 0 Å². The molecule has 1 aliphatic rings.